The van der Waals surface area contributed by atoms with E-state index in [0.29, 0.717) is 5.25 Å². The van der Waals surface area contributed by atoms with Gasteiger partial charge in [0, 0.05) is 22.3 Å². The second-order valence-electron chi connectivity index (χ2n) is 6.51. The van der Waals surface area contributed by atoms with Crippen LogP contribution in [0.25, 0.3) is 0 Å². The molecule has 7 heteroatoms. The van der Waals surface area contributed by atoms with Gasteiger partial charge in [0.15, 0.2) is 0 Å². The van der Waals surface area contributed by atoms with Crippen molar-refractivity contribution in [1.29, 1.82) is 0 Å². The molecule has 126 valence electrons. The van der Waals surface area contributed by atoms with Crippen LogP contribution in [0.2, 0.25) is 0 Å². The Hall–Kier alpha value is -1.18. The average molecular weight is 354 g/mol. The molecule has 1 saturated carbocycles. The van der Waals surface area contributed by atoms with Crippen LogP contribution in [0.3, 0.4) is 0 Å². The maximum Gasteiger partial charge on any atom is 0.269 e. The lowest BCUT2D eigenvalue weighted by molar-refractivity contribution is -0.385. The Morgan fingerprint density at radius 2 is 2.13 bits per heavy atom. The first-order valence-corrected chi connectivity index (χ1v) is 9.51. The minimum absolute atomic E-state index is 0.0373. The molecule has 0 heterocycles. The summed E-state index contributed by atoms with van der Waals surface area (Å²) in [5.74, 6) is 0. The number of non-ortho nitro benzene ring substituents is 1. The Labute approximate surface area is 143 Å². The van der Waals surface area contributed by atoms with Gasteiger partial charge in [-0.05, 0) is 45.2 Å². The fourth-order valence-corrected chi connectivity index (χ4v) is 3.90. The van der Waals surface area contributed by atoms with Gasteiger partial charge >= 0.3 is 0 Å². The van der Waals surface area contributed by atoms with Crippen molar-refractivity contribution in [3.63, 3.8) is 0 Å². The Kier molecular flexibility index (Phi) is 5.65. The zero-order valence-corrected chi connectivity index (χ0v) is 15.2. The van der Waals surface area contributed by atoms with Gasteiger partial charge in [-0.15, -0.1) is 18.3 Å². The maximum absolute atomic E-state index is 12.4. The zero-order valence-electron chi connectivity index (χ0n) is 13.6. The minimum atomic E-state index is -1.29. The van der Waals surface area contributed by atoms with Crippen molar-refractivity contribution in [2.75, 3.05) is 0 Å². The normalized spacial score (nSPS) is 17.5. The molecule has 0 amide bonds. The number of nitro benzene ring substituents is 1. The number of thioether (sulfide) groups is 1. The summed E-state index contributed by atoms with van der Waals surface area (Å²) in [7, 11) is -1.29. The summed E-state index contributed by atoms with van der Waals surface area (Å²) >= 11 is 1.73. The summed E-state index contributed by atoms with van der Waals surface area (Å²) in [4.78, 5) is 11.7. The predicted octanol–water partition coefficient (Wildman–Crippen LogP) is 4.13. The maximum atomic E-state index is 12.4. The number of nitro groups is 1. The number of nitrogens with zero attached hydrogens (tertiary/aromatic N) is 1. The molecule has 1 aliphatic rings. The summed E-state index contributed by atoms with van der Waals surface area (Å²) in [6.45, 7) is 9.44. The number of rotatable bonds is 7. The van der Waals surface area contributed by atoms with Crippen molar-refractivity contribution in [2.24, 2.45) is 0 Å². The van der Waals surface area contributed by atoms with E-state index in [1.54, 1.807) is 30.0 Å². The molecule has 0 aliphatic heterocycles. The molecule has 0 radical (unpaired) electrons. The third-order valence-electron chi connectivity index (χ3n) is 3.38. The largest absolute Gasteiger partial charge is 0.269 e. The summed E-state index contributed by atoms with van der Waals surface area (Å²) in [6, 6.07) is 4.48. The van der Waals surface area contributed by atoms with Crippen molar-refractivity contribution in [3.05, 3.63) is 46.5 Å². The van der Waals surface area contributed by atoms with Crippen LogP contribution in [0, 0.1) is 10.1 Å². The van der Waals surface area contributed by atoms with E-state index in [-0.39, 0.29) is 5.69 Å². The lowest BCUT2D eigenvalue weighted by Crippen LogP contribution is -2.35. The molecule has 0 saturated heterocycles. The van der Waals surface area contributed by atoms with Crippen LogP contribution in [0.4, 0.5) is 5.69 Å². The van der Waals surface area contributed by atoms with Crippen molar-refractivity contribution in [1.82, 2.24) is 4.72 Å². The van der Waals surface area contributed by atoms with Crippen LogP contribution in [0.5, 0.6) is 0 Å². The first kappa shape index (κ1) is 18.2. The third kappa shape index (κ3) is 4.89. The molecule has 1 aromatic rings. The summed E-state index contributed by atoms with van der Waals surface area (Å²) in [5.41, 5.74) is 0.805. The van der Waals surface area contributed by atoms with Gasteiger partial charge in [0.2, 0.25) is 0 Å². The fraction of sp³-hybridized carbons (Fsp3) is 0.500. The molecule has 2 rings (SSSR count). The highest BCUT2D eigenvalue weighted by atomic mass is 32.2. The second kappa shape index (κ2) is 7.15. The molecule has 5 nitrogen and oxygen atoms in total. The Morgan fingerprint density at radius 3 is 2.61 bits per heavy atom. The first-order valence-electron chi connectivity index (χ1n) is 7.48. The number of nitrogens with one attached hydrogen (secondary N) is 1. The van der Waals surface area contributed by atoms with Gasteiger partial charge in [-0.3, -0.25) is 10.1 Å². The van der Waals surface area contributed by atoms with Gasteiger partial charge in [0.25, 0.3) is 5.69 Å². The van der Waals surface area contributed by atoms with Gasteiger partial charge in [0.1, 0.15) is 0 Å². The third-order valence-corrected chi connectivity index (χ3v) is 6.39. The van der Waals surface area contributed by atoms with Crippen molar-refractivity contribution < 1.29 is 9.13 Å². The molecule has 1 aliphatic carbocycles. The number of hydrogen-bond donors (Lipinski definition) is 1. The van der Waals surface area contributed by atoms with Crippen molar-refractivity contribution in [3.8, 4) is 0 Å². The van der Waals surface area contributed by atoms with Gasteiger partial charge in [0.05, 0.1) is 26.7 Å². The summed E-state index contributed by atoms with van der Waals surface area (Å²) in [5, 5.41) is 11.7. The number of hydrogen-bond acceptors (Lipinski definition) is 4. The molecule has 1 unspecified atom stereocenters. The summed E-state index contributed by atoms with van der Waals surface area (Å²) < 4.78 is 15.0. The van der Waals surface area contributed by atoms with Crippen LogP contribution in [-0.2, 0) is 11.0 Å². The minimum Gasteiger partial charge on any atom is -0.258 e. The van der Waals surface area contributed by atoms with E-state index in [2.05, 4.69) is 11.3 Å². The quantitative estimate of drug-likeness (QED) is 0.454. The average Bonchev–Trinajstić information content (AvgIpc) is 3.27. The first-order chi connectivity index (χ1) is 10.7. The van der Waals surface area contributed by atoms with Gasteiger partial charge < -0.3 is 0 Å². The van der Waals surface area contributed by atoms with E-state index in [1.807, 2.05) is 20.8 Å². The lowest BCUT2D eigenvalue weighted by atomic mass is 10.1. The standard InChI is InChI=1S/C16H22N2O3S2/c1-5-14(17-23(21)16(2,3)4)13-10-11(18(19)20)6-9-15(13)22-12-7-8-12/h5-6,9-10,12,14,17H,1,7-8H2,2-4H3/t14-,23?/m0/s1. The van der Waals surface area contributed by atoms with Crippen LogP contribution in [-0.4, -0.2) is 19.1 Å². The Balaban J connectivity index is 2.34. The highest BCUT2D eigenvalue weighted by Gasteiger charge is 2.28. The fourth-order valence-electron chi connectivity index (χ4n) is 1.90. The summed E-state index contributed by atoms with van der Waals surface area (Å²) in [6.07, 6.45) is 3.99. The molecule has 23 heavy (non-hydrogen) atoms. The van der Waals surface area contributed by atoms with E-state index in [9.17, 15) is 14.3 Å². The zero-order chi connectivity index (χ0) is 17.2. The van der Waals surface area contributed by atoms with E-state index >= 15 is 0 Å². The van der Waals surface area contributed by atoms with Gasteiger partial charge in [-0.1, -0.05) is 6.08 Å². The van der Waals surface area contributed by atoms with E-state index < -0.39 is 26.7 Å². The number of benzene rings is 1. The molecule has 0 spiro atoms. The Bertz CT molecular complexity index is 637. The molecule has 0 bridgehead atoms. The van der Waals surface area contributed by atoms with E-state index in [0.717, 1.165) is 10.5 Å². The SMILES string of the molecule is C=C[C@H](NS(=O)C(C)(C)C)c1cc([N+](=O)[O-])ccc1SC1CC1. The molecular weight excluding hydrogens is 332 g/mol. The molecule has 1 fully saturated rings. The van der Waals surface area contributed by atoms with Crippen molar-refractivity contribution >= 4 is 28.4 Å². The second-order valence-corrected chi connectivity index (χ2v) is 9.85. The molecule has 0 aromatic heterocycles. The van der Waals surface area contributed by atoms with Crippen LogP contribution < -0.4 is 4.72 Å². The van der Waals surface area contributed by atoms with Crippen LogP contribution in [0.15, 0.2) is 35.7 Å². The van der Waals surface area contributed by atoms with E-state index in [4.69, 9.17) is 0 Å². The Morgan fingerprint density at radius 1 is 1.48 bits per heavy atom. The van der Waals surface area contributed by atoms with Crippen LogP contribution >= 0.6 is 11.8 Å². The highest BCUT2D eigenvalue weighted by molar-refractivity contribution is 8.00. The molecule has 2 atom stereocenters. The van der Waals surface area contributed by atoms with E-state index in [1.165, 1.54) is 18.9 Å². The van der Waals surface area contributed by atoms with Crippen LogP contribution in [0.1, 0.15) is 45.2 Å². The topological polar surface area (TPSA) is 72.2 Å². The molecule has 1 aromatic carbocycles. The molecular formula is C16H22N2O3S2. The van der Waals surface area contributed by atoms with Crippen molar-refractivity contribution in [2.45, 2.75) is 54.5 Å². The monoisotopic (exact) mass is 354 g/mol. The highest BCUT2D eigenvalue weighted by Crippen LogP contribution is 2.42. The predicted molar refractivity (Wildman–Crippen MR) is 95.9 cm³/mol. The van der Waals surface area contributed by atoms with Gasteiger partial charge in [-0.2, -0.15) is 0 Å². The van der Waals surface area contributed by atoms with Gasteiger partial charge in [-0.25, -0.2) is 8.93 Å². The smallest absolute Gasteiger partial charge is 0.258 e. The lowest BCUT2D eigenvalue weighted by Gasteiger charge is -2.23. The molecule has 1 N–H and O–H groups in total.